The fraction of sp³-hybridized carbons (Fsp3) is 0.364. The van der Waals surface area contributed by atoms with Gasteiger partial charge in [0, 0.05) is 17.2 Å². The molecule has 1 aromatic rings. The van der Waals surface area contributed by atoms with E-state index >= 15 is 0 Å². The number of aromatic nitrogens is 1. The van der Waals surface area contributed by atoms with Gasteiger partial charge in [0.15, 0.2) is 0 Å². The second-order valence-electron chi connectivity index (χ2n) is 3.10. The van der Waals surface area contributed by atoms with Crippen LogP contribution in [0.15, 0.2) is 29.4 Å². The average Bonchev–Trinajstić information content (AvgIpc) is 2.26. The maximum Gasteiger partial charge on any atom is 0.144 e. The van der Waals surface area contributed by atoms with E-state index in [-0.39, 0.29) is 0 Å². The second-order valence-corrected chi connectivity index (χ2v) is 4.42. The van der Waals surface area contributed by atoms with Gasteiger partial charge in [0.05, 0.1) is 18.2 Å². The first kappa shape index (κ1) is 13.5. The normalized spacial score (nSPS) is 10.1. The highest BCUT2D eigenvalue weighted by Crippen LogP contribution is 2.22. The van der Waals surface area contributed by atoms with Crippen molar-refractivity contribution < 1.29 is 4.74 Å². The predicted molar refractivity (Wildman–Crippen MR) is 71.1 cm³/mol. The minimum absolute atomic E-state index is 0.598. The maximum atomic E-state index is 5.98. The van der Waals surface area contributed by atoms with Gasteiger partial charge in [-0.25, -0.2) is 4.98 Å². The molecule has 1 N–H and O–H groups in total. The van der Waals surface area contributed by atoms with Crippen LogP contribution >= 0.6 is 27.5 Å². The molecule has 0 radical (unpaired) electrons. The Kier molecular flexibility index (Phi) is 6.45. The Labute approximate surface area is 109 Å². The summed E-state index contributed by atoms with van der Waals surface area (Å²) in [5, 5.41) is 3.70. The van der Waals surface area contributed by atoms with Gasteiger partial charge in [-0.1, -0.05) is 17.7 Å². The first-order valence-electron chi connectivity index (χ1n) is 4.97. The Morgan fingerprint density at radius 1 is 1.56 bits per heavy atom. The molecule has 0 unspecified atom stereocenters. The van der Waals surface area contributed by atoms with Crippen LogP contribution in [0.1, 0.15) is 6.42 Å². The van der Waals surface area contributed by atoms with E-state index in [0.29, 0.717) is 30.6 Å². The number of nitrogens with zero attached hydrogens (tertiary/aromatic N) is 1. The molecule has 0 fully saturated rings. The number of ether oxygens (including phenoxy) is 1. The Morgan fingerprint density at radius 2 is 2.38 bits per heavy atom. The Hall–Kier alpha value is -0.580. The quantitative estimate of drug-likeness (QED) is 0.618. The zero-order valence-electron chi connectivity index (χ0n) is 8.88. The molecule has 1 rings (SSSR count). The molecule has 0 aliphatic heterocycles. The third-order valence-electron chi connectivity index (χ3n) is 1.81. The smallest absolute Gasteiger partial charge is 0.144 e. The molecule has 0 aliphatic rings. The van der Waals surface area contributed by atoms with Crippen molar-refractivity contribution >= 4 is 33.3 Å². The maximum absolute atomic E-state index is 5.98. The SMILES string of the molecule is C=CCCOCCNc1ncc(Br)cc1Cl. The van der Waals surface area contributed by atoms with Crippen molar-refractivity contribution in [3.8, 4) is 0 Å². The summed E-state index contributed by atoms with van der Waals surface area (Å²) in [6.45, 7) is 5.63. The van der Waals surface area contributed by atoms with E-state index in [4.69, 9.17) is 16.3 Å². The topological polar surface area (TPSA) is 34.1 Å². The van der Waals surface area contributed by atoms with Gasteiger partial charge in [0.2, 0.25) is 0 Å². The van der Waals surface area contributed by atoms with Gasteiger partial charge >= 0.3 is 0 Å². The molecular formula is C11H14BrClN2O. The predicted octanol–water partition coefficient (Wildman–Crippen LogP) is 3.50. The second kappa shape index (κ2) is 7.65. The van der Waals surface area contributed by atoms with E-state index in [1.54, 1.807) is 12.3 Å². The number of anilines is 1. The summed E-state index contributed by atoms with van der Waals surface area (Å²) in [5.41, 5.74) is 0. The summed E-state index contributed by atoms with van der Waals surface area (Å²) < 4.78 is 6.21. The zero-order chi connectivity index (χ0) is 11.8. The summed E-state index contributed by atoms with van der Waals surface area (Å²) >= 11 is 9.28. The Morgan fingerprint density at radius 3 is 3.06 bits per heavy atom. The molecule has 3 nitrogen and oxygen atoms in total. The fourth-order valence-corrected chi connectivity index (χ4v) is 1.75. The van der Waals surface area contributed by atoms with E-state index in [1.165, 1.54) is 0 Å². The zero-order valence-corrected chi connectivity index (χ0v) is 11.2. The number of hydrogen-bond donors (Lipinski definition) is 1. The van der Waals surface area contributed by atoms with Crippen LogP contribution in [-0.4, -0.2) is 24.7 Å². The molecule has 0 spiro atoms. The van der Waals surface area contributed by atoms with Crippen LogP contribution in [0.4, 0.5) is 5.82 Å². The highest BCUT2D eigenvalue weighted by atomic mass is 79.9. The van der Waals surface area contributed by atoms with Crippen LogP contribution in [0, 0.1) is 0 Å². The van der Waals surface area contributed by atoms with Crippen molar-refractivity contribution in [2.45, 2.75) is 6.42 Å². The molecule has 1 aromatic heterocycles. The average molecular weight is 306 g/mol. The van der Waals surface area contributed by atoms with Crippen molar-refractivity contribution in [2.75, 3.05) is 25.1 Å². The lowest BCUT2D eigenvalue weighted by Crippen LogP contribution is -2.11. The molecule has 0 saturated carbocycles. The molecule has 0 saturated heterocycles. The highest BCUT2D eigenvalue weighted by molar-refractivity contribution is 9.10. The molecule has 1 heterocycles. The summed E-state index contributed by atoms with van der Waals surface area (Å²) in [6.07, 6.45) is 4.41. The number of pyridine rings is 1. The fourth-order valence-electron chi connectivity index (χ4n) is 1.05. The molecule has 0 aliphatic carbocycles. The van der Waals surface area contributed by atoms with E-state index in [0.717, 1.165) is 10.9 Å². The lowest BCUT2D eigenvalue weighted by Gasteiger charge is -2.07. The lowest BCUT2D eigenvalue weighted by molar-refractivity contribution is 0.149. The molecular weight excluding hydrogens is 291 g/mol. The van der Waals surface area contributed by atoms with Crippen molar-refractivity contribution in [1.82, 2.24) is 4.98 Å². The monoisotopic (exact) mass is 304 g/mol. The number of rotatable bonds is 7. The van der Waals surface area contributed by atoms with Gasteiger partial charge in [-0.15, -0.1) is 6.58 Å². The third-order valence-corrected chi connectivity index (χ3v) is 2.53. The highest BCUT2D eigenvalue weighted by Gasteiger charge is 2.01. The number of halogens is 2. The van der Waals surface area contributed by atoms with Crippen LogP contribution in [-0.2, 0) is 4.74 Å². The third kappa shape index (κ3) is 4.96. The number of nitrogens with one attached hydrogen (secondary N) is 1. The van der Waals surface area contributed by atoms with Gasteiger partial charge in [-0.2, -0.15) is 0 Å². The first-order valence-corrected chi connectivity index (χ1v) is 6.14. The number of hydrogen-bond acceptors (Lipinski definition) is 3. The Balaban J connectivity index is 2.24. The van der Waals surface area contributed by atoms with Gasteiger partial charge < -0.3 is 10.1 Å². The van der Waals surface area contributed by atoms with E-state index in [1.807, 2.05) is 6.08 Å². The van der Waals surface area contributed by atoms with Crippen LogP contribution in [0.2, 0.25) is 5.02 Å². The summed E-state index contributed by atoms with van der Waals surface area (Å²) in [6, 6.07) is 1.80. The van der Waals surface area contributed by atoms with Crippen LogP contribution in [0.3, 0.4) is 0 Å². The van der Waals surface area contributed by atoms with Crippen molar-refractivity contribution in [1.29, 1.82) is 0 Å². The van der Waals surface area contributed by atoms with Crippen molar-refractivity contribution in [2.24, 2.45) is 0 Å². The van der Waals surface area contributed by atoms with E-state index in [2.05, 4.69) is 32.8 Å². The molecule has 0 bridgehead atoms. The molecule has 16 heavy (non-hydrogen) atoms. The van der Waals surface area contributed by atoms with Gasteiger partial charge in [-0.05, 0) is 28.4 Å². The van der Waals surface area contributed by atoms with Crippen LogP contribution in [0.25, 0.3) is 0 Å². The van der Waals surface area contributed by atoms with E-state index in [9.17, 15) is 0 Å². The molecule has 0 amide bonds. The summed E-state index contributed by atoms with van der Waals surface area (Å²) in [7, 11) is 0. The van der Waals surface area contributed by atoms with Crippen molar-refractivity contribution in [3.63, 3.8) is 0 Å². The minimum Gasteiger partial charge on any atom is -0.379 e. The molecule has 0 aromatic carbocycles. The van der Waals surface area contributed by atoms with Gasteiger partial charge in [-0.3, -0.25) is 0 Å². The standard InChI is InChI=1S/C11H14BrClN2O/c1-2-3-5-16-6-4-14-11-10(13)7-9(12)8-15-11/h2,7-8H,1,3-6H2,(H,14,15). The first-order chi connectivity index (χ1) is 7.74. The summed E-state index contributed by atoms with van der Waals surface area (Å²) in [4.78, 5) is 4.15. The van der Waals surface area contributed by atoms with Gasteiger partial charge in [0.25, 0.3) is 0 Å². The minimum atomic E-state index is 0.598. The molecule has 88 valence electrons. The van der Waals surface area contributed by atoms with Crippen LogP contribution in [0.5, 0.6) is 0 Å². The van der Waals surface area contributed by atoms with Crippen molar-refractivity contribution in [3.05, 3.63) is 34.4 Å². The lowest BCUT2D eigenvalue weighted by atomic mass is 10.4. The van der Waals surface area contributed by atoms with E-state index < -0.39 is 0 Å². The molecule has 5 heteroatoms. The van der Waals surface area contributed by atoms with Gasteiger partial charge in [0.1, 0.15) is 5.82 Å². The molecule has 0 atom stereocenters. The Bertz CT molecular complexity index is 347. The van der Waals surface area contributed by atoms with Crippen LogP contribution < -0.4 is 5.32 Å². The summed E-state index contributed by atoms with van der Waals surface area (Å²) in [5.74, 6) is 0.678. The largest absolute Gasteiger partial charge is 0.379 e.